The SMILES string of the molecule is CCC(C)N(CC(=O)N(Cc1ccccc1)Cc1sccc1C)C(=O)Nc1ccc(C(C)C)cc1. The van der Waals surface area contributed by atoms with E-state index >= 15 is 0 Å². The number of hydrogen-bond acceptors (Lipinski definition) is 3. The van der Waals surface area contributed by atoms with Crippen LogP contribution in [-0.4, -0.2) is 34.3 Å². The van der Waals surface area contributed by atoms with Crippen LogP contribution in [0.4, 0.5) is 10.5 Å². The Bertz CT molecular complexity index is 1090. The standard InChI is InChI=1S/C29H37N3O2S/c1-6-23(5)32(29(34)30-26-14-12-25(13-15-26)21(2)3)20-28(33)31(18-24-10-8-7-9-11-24)19-27-22(4)16-17-35-27/h7-17,21,23H,6,18-20H2,1-5H3,(H,30,34). The van der Waals surface area contributed by atoms with Crippen LogP contribution in [-0.2, 0) is 17.9 Å². The molecule has 0 saturated heterocycles. The average molecular weight is 492 g/mol. The number of aryl methyl sites for hydroxylation is 1. The third kappa shape index (κ3) is 7.43. The van der Waals surface area contributed by atoms with Crippen molar-refractivity contribution in [3.8, 4) is 0 Å². The van der Waals surface area contributed by atoms with Crippen molar-refractivity contribution < 1.29 is 9.59 Å². The van der Waals surface area contributed by atoms with Gasteiger partial charge in [0.2, 0.25) is 5.91 Å². The molecule has 0 bridgehead atoms. The van der Waals surface area contributed by atoms with Crippen molar-refractivity contribution >= 4 is 29.0 Å². The fraction of sp³-hybridized carbons (Fsp3) is 0.379. The second kappa shape index (κ2) is 12.5. The maximum atomic E-state index is 13.6. The summed E-state index contributed by atoms with van der Waals surface area (Å²) in [6.07, 6.45) is 0.760. The van der Waals surface area contributed by atoms with Crippen LogP contribution in [0.2, 0.25) is 0 Å². The van der Waals surface area contributed by atoms with Crippen molar-refractivity contribution in [3.05, 3.63) is 87.6 Å². The van der Waals surface area contributed by atoms with Crippen molar-refractivity contribution in [2.24, 2.45) is 0 Å². The highest BCUT2D eigenvalue weighted by Gasteiger charge is 2.25. The van der Waals surface area contributed by atoms with Crippen molar-refractivity contribution in [2.45, 2.75) is 66.1 Å². The molecule has 5 nitrogen and oxygen atoms in total. The Morgan fingerprint density at radius 3 is 2.20 bits per heavy atom. The van der Waals surface area contributed by atoms with Crippen LogP contribution in [0.25, 0.3) is 0 Å². The summed E-state index contributed by atoms with van der Waals surface area (Å²) in [5.41, 5.74) is 4.20. The Kier molecular flexibility index (Phi) is 9.49. The summed E-state index contributed by atoms with van der Waals surface area (Å²) in [7, 11) is 0. The van der Waals surface area contributed by atoms with Gasteiger partial charge in [-0.05, 0) is 66.5 Å². The summed E-state index contributed by atoms with van der Waals surface area (Å²) >= 11 is 1.66. The highest BCUT2D eigenvalue weighted by molar-refractivity contribution is 7.10. The minimum absolute atomic E-state index is 0.0299. The molecule has 186 valence electrons. The minimum Gasteiger partial charge on any atom is -0.332 e. The van der Waals surface area contributed by atoms with Gasteiger partial charge < -0.3 is 15.1 Å². The van der Waals surface area contributed by atoms with E-state index in [0.717, 1.165) is 17.7 Å². The molecule has 1 atom stereocenters. The monoisotopic (exact) mass is 491 g/mol. The van der Waals surface area contributed by atoms with Gasteiger partial charge in [0.15, 0.2) is 0 Å². The lowest BCUT2D eigenvalue weighted by Crippen LogP contribution is -2.47. The quantitative estimate of drug-likeness (QED) is 0.331. The van der Waals surface area contributed by atoms with Crippen LogP contribution < -0.4 is 5.32 Å². The molecule has 3 aromatic rings. The van der Waals surface area contributed by atoms with Crippen LogP contribution in [0, 0.1) is 6.92 Å². The Labute approximate surface area is 213 Å². The van der Waals surface area contributed by atoms with Gasteiger partial charge in [-0.2, -0.15) is 0 Å². The molecule has 0 saturated carbocycles. The first-order chi connectivity index (χ1) is 16.8. The van der Waals surface area contributed by atoms with Gasteiger partial charge in [-0.1, -0.05) is 63.2 Å². The van der Waals surface area contributed by atoms with Crippen LogP contribution in [0.1, 0.15) is 61.6 Å². The predicted octanol–water partition coefficient (Wildman–Crippen LogP) is 7.04. The maximum Gasteiger partial charge on any atom is 0.322 e. The van der Waals surface area contributed by atoms with E-state index in [0.29, 0.717) is 19.0 Å². The second-order valence-electron chi connectivity index (χ2n) is 9.35. The third-order valence-corrected chi connectivity index (χ3v) is 7.40. The lowest BCUT2D eigenvalue weighted by molar-refractivity contribution is -0.133. The minimum atomic E-state index is -0.253. The largest absolute Gasteiger partial charge is 0.332 e. The van der Waals surface area contributed by atoms with Gasteiger partial charge in [0.25, 0.3) is 0 Å². The summed E-state index contributed by atoms with van der Waals surface area (Å²) in [5.74, 6) is 0.365. The molecule has 1 heterocycles. The zero-order chi connectivity index (χ0) is 25.4. The average Bonchev–Trinajstić information content (AvgIpc) is 3.26. The number of carbonyl (C=O) groups is 2. The summed E-state index contributed by atoms with van der Waals surface area (Å²) in [6, 6.07) is 19.7. The van der Waals surface area contributed by atoms with Crippen molar-refractivity contribution in [1.82, 2.24) is 9.80 Å². The normalized spacial score (nSPS) is 11.8. The number of hydrogen-bond donors (Lipinski definition) is 1. The van der Waals surface area contributed by atoms with Gasteiger partial charge in [-0.25, -0.2) is 4.79 Å². The predicted molar refractivity (Wildman–Crippen MR) is 146 cm³/mol. The summed E-state index contributed by atoms with van der Waals surface area (Å²) in [5, 5.41) is 5.05. The molecule has 0 aliphatic heterocycles. The van der Waals surface area contributed by atoms with E-state index in [1.54, 1.807) is 16.2 Å². The van der Waals surface area contributed by atoms with Crippen LogP contribution in [0.15, 0.2) is 66.0 Å². The van der Waals surface area contributed by atoms with E-state index < -0.39 is 0 Å². The number of nitrogens with zero attached hydrogens (tertiary/aromatic N) is 2. The topological polar surface area (TPSA) is 52.7 Å². The molecule has 0 spiro atoms. The number of anilines is 1. The fourth-order valence-corrected chi connectivity index (χ4v) is 4.74. The first kappa shape index (κ1) is 26.5. The lowest BCUT2D eigenvalue weighted by atomic mass is 10.0. The van der Waals surface area contributed by atoms with Crippen molar-refractivity contribution in [1.29, 1.82) is 0 Å². The highest BCUT2D eigenvalue weighted by atomic mass is 32.1. The molecule has 1 aromatic heterocycles. The number of carbonyl (C=O) groups excluding carboxylic acids is 2. The van der Waals surface area contributed by atoms with Crippen molar-refractivity contribution in [2.75, 3.05) is 11.9 Å². The molecule has 0 aliphatic carbocycles. The van der Waals surface area contributed by atoms with E-state index in [2.05, 4.69) is 37.5 Å². The van der Waals surface area contributed by atoms with Gasteiger partial charge in [0.05, 0.1) is 6.54 Å². The zero-order valence-corrected chi connectivity index (χ0v) is 22.3. The third-order valence-electron chi connectivity index (χ3n) is 6.39. The first-order valence-corrected chi connectivity index (χ1v) is 13.2. The number of nitrogens with one attached hydrogen (secondary N) is 1. The summed E-state index contributed by atoms with van der Waals surface area (Å²) in [6.45, 7) is 11.4. The van der Waals surface area contributed by atoms with Gasteiger partial charge in [-0.15, -0.1) is 11.3 Å². The molecular formula is C29H37N3O2S. The Hall–Kier alpha value is -3.12. The second-order valence-corrected chi connectivity index (χ2v) is 10.4. The van der Waals surface area contributed by atoms with E-state index in [-0.39, 0.29) is 24.5 Å². The van der Waals surface area contributed by atoms with Gasteiger partial charge in [-0.3, -0.25) is 4.79 Å². The van der Waals surface area contributed by atoms with Gasteiger partial charge in [0.1, 0.15) is 6.54 Å². The van der Waals surface area contributed by atoms with Crippen molar-refractivity contribution in [3.63, 3.8) is 0 Å². The van der Waals surface area contributed by atoms with E-state index in [1.165, 1.54) is 16.0 Å². The zero-order valence-electron chi connectivity index (χ0n) is 21.5. The lowest BCUT2D eigenvalue weighted by Gasteiger charge is -2.31. The van der Waals surface area contributed by atoms with Crippen LogP contribution >= 0.6 is 11.3 Å². The maximum absolute atomic E-state index is 13.6. The van der Waals surface area contributed by atoms with E-state index in [9.17, 15) is 9.59 Å². The summed E-state index contributed by atoms with van der Waals surface area (Å²) < 4.78 is 0. The molecule has 6 heteroatoms. The number of urea groups is 1. The smallest absolute Gasteiger partial charge is 0.322 e. The molecule has 35 heavy (non-hydrogen) atoms. The molecule has 3 amide bonds. The number of rotatable bonds is 10. The Morgan fingerprint density at radius 2 is 1.63 bits per heavy atom. The van der Waals surface area contributed by atoms with Gasteiger partial charge >= 0.3 is 6.03 Å². The molecule has 3 rings (SSSR count). The van der Waals surface area contributed by atoms with Crippen LogP contribution in [0.5, 0.6) is 0 Å². The number of thiophene rings is 1. The molecule has 1 N–H and O–H groups in total. The summed E-state index contributed by atoms with van der Waals surface area (Å²) in [4.78, 5) is 31.5. The molecule has 2 aromatic carbocycles. The van der Waals surface area contributed by atoms with Gasteiger partial charge in [0, 0.05) is 23.2 Å². The fourth-order valence-electron chi connectivity index (χ4n) is 3.82. The number of amides is 3. The molecule has 0 radical (unpaired) electrons. The molecule has 0 aliphatic rings. The first-order valence-electron chi connectivity index (χ1n) is 12.3. The van der Waals surface area contributed by atoms with Crippen LogP contribution in [0.3, 0.4) is 0 Å². The molecule has 1 unspecified atom stereocenters. The Morgan fingerprint density at radius 1 is 0.943 bits per heavy atom. The Balaban J connectivity index is 1.77. The molecular weight excluding hydrogens is 454 g/mol. The molecule has 0 fully saturated rings. The van der Waals surface area contributed by atoms with E-state index in [4.69, 9.17) is 0 Å². The highest BCUT2D eigenvalue weighted by Crippen LogP contribution is 2.21. The number of benzene rings is 2. The van der Waals surface area contributed by atoms with E-state index in [1.807, 2.05) is 73.3 Å².